The van der Waals surface area contributed by atoms with Crippen LogP contribution < -0.4 is 10.4 Å². The molecule has 0 aromatic heterocycles. The lowest BCUT2D eigenvalue weighted by molar-refractivity contribution is 0.250. The number of hydrogen-bond acceptors (Lipinski definition) is 0. The van der Waals surface area contributed by atoms with Gasteiger partial charge in [-0.3, -0.25) is 0 Å². The average molecular weight is 520 g/mol. The van der Waals surface area contributed by atoms with Crippen molar-refractivity contribution in [1.29, 1.82) is 0 Å². The zero-order chi connectivity index (χ0) is 22.1. The van der Waals surface area contributed by atoms with Crippen molar-refractivity contribution < 1.29 is 0 Å². The summed E-state index contributed by atoms with van der Waals surface area (Å²) in [6.45, 7) is 9.55. The quantitative estimate of drug-likeness (QED) is 0.238. The van der Waals surface area contributed by atoms with Gasteiger partial charge >= 0.3 is 0 Å². The van der Waals surface area contributed by atoms with Crippen molar-refractivity contribution in [1.82, 2.24) is 0 Å². The molecule has 160 valence electrons. The Morgan fingerprint density at radius 2 is 1.45 bits per heavy atom. The van der Waals surface area contributed by atoms with Crippen molar-refractivity contribution in [3.05, 3.63) is 88.3 Å². The largest absolute Gasteiger partial charge is 0.0763 e. The fourth-order valence-corrected chi connectivity index (χ4v) is 5.71. The van der Waals surface area contributed by atoms with Crippen LogP contribution in [0.4, 0.5) is 0 Å². The summed E-state index contributed by atoms with van der Waals surface area (Å²) in [6.07, 6.45) is 11.5. The summed E-state index contributed by atoms with van der Waals surface area (Å²) in [4.78, 5) is 0. The molecule has 1 aliphatic carbocycles. The van der Waals surface area contributed by atoms with Crippen molar-refractivity contribution in [2.24, 2.45) is 5.41 Å². The maximum absolute atomic E-state index is 2.77. The van der Waals surface area contributed by atoms with E-state index in [1.54, 1.807) is 0 Å². The van der Waals surface area contributed by atoms with Gasteiger partial charge in [0.2, 0.25) is 0 Å². The minimum Gasteiger partial charge on any atom is -0.0763 e. The number of alkyl halides is 1. The molecule has 3 aromatic rings. The molecule has 0 heterocycles. The smallest absolute Gasteiger partial charge is 0.0524 e. The zero-order valence-electron chi connectivity index (χ0n) is 19.2. The minimum absolute atomic E-state index is 0.0731. The molecule has 0 spiro atoms. The Balaban J connectivity index is 1.99. The number of allylic oxidation sites excluding steroid dienone is 2. The highest BCUT2D eigenvalue weighted by Crippen LogP contribution is 2.54. The van der Waals surface area contributed by atoms with Crippen molar-refractivity contribution in [2.45, 2.75) is 56.8 Å². The molecule has 1 unspecified atom stereocenters. The molecule has 0 amide bonds. The molecule has 0 nitrogen and oxygen atoms in total. The van der Waals surface area contributed by atoms with Gasteiger partial charge < -0.3 is 0 Å². The summed E-state index contributed by atoms with van der Waals surface area (Å²) >= 11 is 2.77. The van der Waals surface area contributed by atoms with E-state index in [-0.39, 0.29) is 8.84 Å². The maximum atomic E-state index is 2.77. The van der Waals surface area contributed by atoms with Gasteiger partial charge in [-0.2, -0.15) is 0 Å². The molecule has 1 aliphatic rings. The highest BCUT2D eigenvalue weighted by Gasteiger charge is 2.43. The van der Waals surface area contributed by atoms with E-state index in [2.05, 4.69) is 129 Å². The monoisotopic (exact) mass is 520 g/mol. The first-order valence-corrected chi connectivity index (χ1v) is 12.7. The van der Waals surface area contributed by atoms with Gasteiger partial charge in [0.1, 0.15) is 0 Å². The molecular formula is C30H33I. The van der Waals surface area contributed by atoms with Crippen molar-refractivity contribution >= 4 is 51.1 Å². The standard InChI is InChI=1S/C30H33I/c1-5-29(3,4)30(31,6-2)28-21-26-15-10-9-14-25(26)20-27(28)24-17-11-16-22-12-7-8-13-23(22)18-19-24/h7-10,12-16,18-21H,5-6,11,17H2,1-4H3/b22-16-,23-18-,24-19+. The minimum atomic E-state index is 0.0731. The van der Waals surface area contributed by atoms with Crippen molar-refractivity contribution in [3.63, 3.8) is 0 Å². The third-order valence-electron chi connectivity index (χ3n) is 7.34. The lowest BCUT2D eigenvalue weighted by Crippen LogP contribution is -2.36. The number of halogens is 1. The lowest BCUT2D eigenvalue weighted by atomic mass is 9.69. The first-order chi connectivity index (χ1) is 14.9. The van der Waals surface area contributed by atoms with E-state index in [4.69, 9.17) is 0 Å². The van der Waals surface area contributed by atoms with Crippen LogP contribution in [-0.4, -0.2) is 0 Å². The number of fused-ring (bicyclic) bond motifs is 2. The van der Waals surface area contributed by atoms with Crippen LogP contribution in [0.25, 0.3) is 28.5 Å². The van der Waals surface area contributed by atoms with E-state index in [0.717, 1.165) is 25.7 Å². The van der Waals surface area contributed by atoms with Crippen LogP contribution in [0, 0.1) is 5.41 Å². The second kappa shape index (κ2) is 8.94. The summed E-state index contributed by atoms with van der Waals surface area (Å²) in [6, 6.07) is 22.5. The summed E-state index contributed by atoms with van der Waals surface area (Å²) in [5, 5.41) is 5.33. The molecule has 0 fully saturated rings. The van der Waals surface area contributed by atoms with Crippen LogP contribution in [0.3, 0.4) is 0 Å². The molecule has 0 radical (unpaired) electrons. The first kappa shape index (κ1) is 22.3. The van der Waals surface area contributed by atoms with Gasteiger partial charge in [0.25, 0.3) is 0 Å². The van der Waals surface area contributed by atoms with Crippen molar-refractivity contribution in [2.75, 3.05) is 0 Å². The number of hydrogen-bond donors (Lipinski definition) is 0. The third kappa shape index (κ3) is 4.14. The van der Waals surface area contributed by atoms with Gasteiger partial charge in [-0.15, -0.1) is 0 Å². The summed E-state index contributed by atoms with van der Waals surface area (Å²) in [5.74, 6) is 0. The van der Waals surface area contributed by atoms with Crippen LogP contribution in [-0.2, 0) is 3.42 Å². The molecule has 0 aliphatic heterocycles. The summed E-state index contributed by atoms with van der Waals surface area (Å²) in [5.41, 5.74) is 4.58. The summed E-state index contributed by atoms with van der Waals surface area (Å²) in [7, 11) is 0. The molecule has 1 heteroatoms. The SMILES string of the molecule is CCC(C)(C)C(I)(CC)c1cc2ccccc2cc1/C1=C/C=c2/cccc/c2=C/CC1. The lowest BCUT2D eigenvalue weighted by Gasteiger charge is -2.44. The van der Waals surface area contributed by atoms with Crippen LogP contribution in [0.2, 0.25) is 0 Å². The topological polar surface area (TPSA) is 0 Å². The Kier molecular flexibility index (Phi) is 6.44. The van der Waals surface area contributed by atoms with E-state index in [9.17, 15) is 0 Å². The molecule has 0 N–H and O–H groups in total. The van der Waals surface area contributed by atoms with Gasteiger partial charge in [0.15, 0.2) is 0 Å². The second-order valence-corrected chi connectivity index (χ2v) is 11.2. The van der Waals surface area contributed by atoms with E-state index in [1.807, 2.05) is 0 Å². The number of benzene rings is 3. The molecule has 31 heavy (non-hydrogen) atoms. The maximum Gasteiger partial charge on any atom is 0.0524 e. The molecule has 0 saturated carbocycles. The van der Waals surface area contributed by atoms with Gasteiger partial charge in [0, 0.05) is 0 Å². The van der Waals surface area contributed by atoms with E-state index in [0.29, 0.717) is 0 Å². The Morgan fingerprint density at radius 1 is 0.806 bits per heavy atom. The Morgan fingerprint density at radius 3 is 2.13 bits per heavy atom. The molecule has 4 rings (SSSR count). The van der Waals surface area contributed by atoms with Gasteiger partial charge in [-0.25, -0.2) is 0 Å². The van der Waals surface area contributed by atoms with Crippen LogP contribution in [0.1, 0.15) is 64.5 Å². The predicted octanol–water partition coefficient (Wildman–Crippen LogP) is 7.75. The fourth-order valence-electron chi connectivity index (χ4n) is 4.88. The van der Waals surface area contributed by atoms with Crippen molar-refractivity contribution in [3.8, 4) is 0 Å². The normalized spacial score (nSPS) is 20.1. The van der Waals surface area contributed by atoms with E-state index >= 15 is 0 Å². The third-order valence-corrected chi connectivity index (χ3v) is 10.1. The van der Waals surface area contributed by atoms with Gasteiger partial charge in [0.05, 0.1) is 3.42 Å². The average Bonchev–Trinajstić information content (AvgIpc) is 2.78. The first-order valence-electron chi connectivity index (χ1n) is 11.6. The molecule has 0 saturated heterocycles. The fraction of sp³-hybridized carbons (Fsp3) is 0.333. The van der Waals surface area contributed by atoms with E-state index < -0.39 is 0 Å². The van der Waals surface area contributed by atoms with Crippen LogP contribution in [0.15, 0.2) is 66.7 Å². The molecular weight excluding hydrogens is 487 g/mol. The molecule has 0 bridgehead atoms. The predicted molar refractivity (Wildman–Crippen MR) is 146 cm³/mol. The van der Waals surface area contributed by atoms with Gasteiger partial charge in [-0.1, -0.05) is 117 Å². The zero-order valence-corrected chi connectivity index (χ0v) is 21.4. The molecule has 1 atom stereocenters. The van der Waals surface area contributed by atoms with Gasteiger partial charge in [-0.05, 0) is 81.1 Å². The Bertz CT molecular complexity index is 1240. The van der Waals surface area contributed by atoms with Crippen LogP contribution in [0.5, 0.6) is 0 Å². The molecule has 3 aromatic carbocycles. The van der Waals surface area contributed by atoms with E-state index in [1.165, 1.54) is 37.9 Å². The number of rotatable bonds is 5. The Hall–Kier alpha value is -1.87. The Labute approximate surface area is 200 Å². The highest BCUT2D eigenvalue weighted by molar-refractivity contribution is 14.1. The summed E-state index contributed by atoms with van der Waals surface area (Å²) < 4.78 is 0.0731. The van der Waals surface area contributed by atoms with Crippen LogP contribution >= 0.6 is 22.6 Å². The second-order valence-electron chi connectivity index (χ2n) is 9.37. The highest BCUT2D eigenvalue weighted by atomic mass is 127.